The van der Waals surface area contributed by atoms with Gasteiger partial charge in [0, 0.05) is 34.1 Å². The fraction of sp³-hybridized carbons (Fsp3) is 0.222. The van der Waals surface area contributed by atoms with Crippen molar-refractivity contribution in [2.75, 3.05) is 6.54 Å². The van der Waals surface area contributed by atoms with E-state index >= 15 is 0 Å². The van der Waals surface area contributed by atoms with Gasteiger partial charge in [0.1, 0.15) is 0 Å². The van der Waals surface area contributed by atoms with Crippen LogP contribution in [0.25, 0.3) is 10.9 Å². The van der Waals surface area contributed by atoms with Crippen molar-refractivity contribution in [2.45, 2.75) is 23.2 Å². The Morgan fingerprint density at radius 2 is 1.92 bits per heavy atom. The number of hydrogen-bond donors (Lipinski definition) is 2. The average molecular weight is 361 g/mol. The molecule has 1 aliphatic carbocycles. The van der Waals surface area contributed by atoms with Crippen LogP contribution in [0, 0.1) is 0 Å². The molecular formula is C18H17ClN2O2S. The van der Waals surface area contributed by atoms with Gasteiger partial charge in [-0.2, -0.15) is 0 Å². The minimum Gasteiger partial charge on any atom is -0.361 e. The summed E-state index contributed by atoms with van der Waals surface area (Å²) in [5.41, 5.74) is 2.15. The maximum Gasteiger partial charge on any atom is 0.240 e. The highest BCUT2D eigenvalue weighted by Crippen LogP contribution is 2.50. The van der Waals surface area contributed by atoms with Crippen LogP contribution in [0.2, 0.25) is 5.02 Å². The van der Waals surface area contributed by atoms with Gasteiger partial charge in [-0.1, -0.05) is 35.9 Å². The molecule has 0 atom stereocenters. The highest BCUT2D eigenvalue weighted by molar-refractivity contribution is 7.89. The lowest BCUT2D eigenvalue weighted by Crippen LogP contribution is -2.32. The van der Waals surface area contributed by atoms with Crippen molar-refractivity contribution in [1.82, 2.24) is 9.71 Å². The van der Waals surface area contributed by atoms with Gasteiger partial charge in [-0.3, -0.25) is 0 Å². The summed E-state index contributed by atoms with van der Waals surface area (Å²) in [5.74, 6) is 0. The topological polar surface area (TPSA) is 62.0 Å². The van der Waals surface area contributed by atoms with E-state index in [-0.39, 0.29) is 10.3 Å². The zero-order valence-electron chi connectivity index (χ0n) is 12.9. The Kier molecular flexibility index (Phi) is 3.67. The molecule has 124 valence electrons. The fourth-order valence-corrected chi connectivity index (χ4v) is 4.58. The summed E-state index contributed by atoms with van der Waals surface area (Å²) in [6, 6.07) is 14.4. The zero-order chi connectivity index (χ0) is 16.8. The van der Waals surface area contributed by atoms with Gasteiger partial charge in [0.05, 0.1) is 4.90 Å². The average Bonchev–Trinajstić information content (AvgIpc) is 3.24. The lowest BCUT2D eigenvalue weighted by molar-refractivity contribution is 0.568. The quantitative estimate of drug-likeness (QED) is 0.726. The molecule has 4 nitrogen and oxygen atoms in total. The van der Waals surface area contributed by atoms with E-state index in [2.05, 4.69) is 15.8 Å². The van der Waals surface area contributed by atoms with Gasteiger partial charge in [0.25, 0.3) is 0 Å². The number of halogens is 1. The van der Waals surface area contributed by atoms with Crippen LogP contribution in [-0.4, -0.2) is 19.9 Å². The SMILES string of the molecule is O=S(=O)(NCC1(c2c[nH]c3ccccc23)CC1)c1cccc(Cl)c1. The molecule has 0 aliphatic heterocycles. The molecule has 0 bridgehead atoms. The smallest absolute Gasteiger partial charge is 0.240 e. The molecule has 1 aliphatic rings. The summed E-state index contributed by atoms with van der Waals surface area (Å²) in [6.07, 6.45) is 3.96. The molecule has 0 saturated heterocycles. The molecule has 0 amide bonds. The first-order chi connectivity index (χ1) is 11.5. The molecule has 0 spiro atoms. The Balaban J connectivity index is 1.59. The Morgan fingerprint density at radius 3 is 2.67 bits per heavy atom. The number of aromatic amines is 1. The van der Waals surface area contributed by atoms with Crippen molar-refractivity contribution in [3.05, 3.63) is 65.3 Å². The van der Waals surface area contributed by atoms with E-state index < -0.39 is 10.0 Å². The number of nitrogens with one attached hydrogen (secondary N) is 2. The minimum atomic E-state index is -3.56. The summed E-state index contributed by atoms with van der Waals surface area (Å²) in [7, 11) is -3.56. The second-order valence-corrected chi connectivity index (χ2v) is 8.51. The molecule has 0 unspecified atom stereocenters. The van der Waals surface area contributed by atoms with E-state index in [0.29, 0.717) is 11.6 Å². The van der Waals surface area contributed by atoms with Crippen LogP contribution >= 0.6 is 11.6 Å². The third-order valence-corrected chi connectivity index (χ3v) is 6.36. The lowest BCUT2D eigenvalue weighted by Gasteiger charge is -2.16. The van der Waals surface area contributed by atoms with Gasteiger partial charge in [-0.05, 0) is 42.7 Å². The van der Waals surface area contributed by atoms with Gasteiger partial charge in [-0.15, -0.1) is 0 Å². The second-order valence-electron chi connectivity index (χ2n) is 6.31. The Bertz CT molecular complexity index is 1010. The molecule has 0 radical (unpaired) electrons. The summed E-state index contributed by atoms with van der Waals surface area (Å²) < 4.78 is 27.8. The monoisotopic (exact) mass is 360 g/mol. The summed E-state index contributed by atoms with van der Waals surface area (Å²) in [6.45, 7) is 0.393. The van der Waals surface area contributed by atoms with Crippen LogP contribution in [0.4, 0.5) is 0 Å². The van der Waals surface area contributed by atoms with E-state index in [9.17, 15) is 8.42 Å². The van der Waals surface area contributed by atoms with Crippen LogP contribution in [0.15, 0.2) is 59.6 Å². The largest absolute Gasteiger partial charge is 0.361 e. The van der Waals surface area contributed by atoms with Crippen molar-refractivity contribution in [3.8, 4) is 0 Å². The van der Waals surface area contributed by atoms with Crippen LogP contribution in [0.1, 0.15) is 18.4 Å². The van der Waals surface area contributed by atoms with Crippen molar-refractivity contribution in [2.24, 2.45) is 0 Å². The van der Waals surface area contributed by atoms with Gasteiger partial charge >= 0.3 is 0 Å². The Morgan fingerprint density at radius 1 is 1.12 bits per heavy atom. The van der Waals surface area contributed by atoms with Crippen LogP contribution in [0.5, 0.6) is 0 Å². The first-order valence-corrected chi connectivity index (χ1v) is 9.68. The molecule has 3 aromatic rings. The molecule has 1 fully saturated rings. The number of fused-ring (bicyclic) bond motifs is 1. The number of rotatable bonds is 5. The highest BCUT2D eigenvalue weighted by Gasteiger charge is 2.46. The number of sulfonamides is 1. The van der Waals surface area contributed by atoms with Crippen LogP contribution in [-0.2, 0) is 15.4 Å². The third kappa shape index (κ3) is 2.73. The Labute approximate surface area is 145 Å². The maximum atomic E-state index is 12.5. The van der Waals surface area contributed by atoms with Gasteiger partial charge in [0.2, 0.25) is 10.0 Å². The number of H-pyrrole nitrogens is 1. The predicted molar refractivity (Wildman–Crippen MR) is 95.9 cm³/mol. The normalized spacial score (nSPS) is 16.4. The summed E-state index contributed by atoms with van der Waals surface area (Å²) in [4.78, 5) is 3.47. The summed E-state index contributed by atoms with van der Waals surface area (Å²) >= 11 is 5.90. The van der Waals surface area contributed by atoms with E-state index in [4.69, 9.17) is 11.6 Å². The van der Waals surface area contributed by atoms with Crippen molar-refractivity contribution < 1.29 is 8.42 Å². The van der Waals surface area contributed by atoms with Crippen LogP contribution in [0.3, 0.4) is 0 Å². The van der Waals surface area contributed by atoms with Crippen molar-refractivity contribution in [3.63, 3.8) is 0 Å². The van der Waals surface area contributed by atoms with Gasteiger partial charge < -0.3 is 4.98 Å². The molecule has 1 saturated carbocycles. The first kappa shape index (κ1) is 15.7. The number of para-hydroxylation sites is 1. The molecular weight excluding hydrogens is 344 g/mol. The van der Waals surface area contributed by atoms with Crippen molar-refractivity contribution >= 4 is 32.5 Å². The predicted octanol–water partition coefficient (Wildman–Crippen LogP) is 3.83. The highest BCUT2D eigenvalue weighted by atomic mass is 35.5. The van der Waals surface area contributed by atoms with Crippen LogP contribution < -0.4 is 4.72 Å². The molecule has 2 N–H and O–H groups in total. The maximum absolute atomic E-state index is 12.5. The van der Waals surface area contributed by atoms with E-state index in [1.165, 1.54) is 11.6 Å². The molecule has 6 heteroatoms. The fourth-order valence-electron chi connectivity index (χ4n) is 3.15. The van der Waals surface area contributed by atoms with E-state index in [1.54, 1.807) is 18.2 Å². The minimum absolute atomic E-state index is 0.120. The first-order valence-electron chi connectivity index (χ1n) is 7.82. The Hall–Kier alpha value is -1.82. The second kappa shape index (κ2) is 5.62. The van der Waals surface area contributed by atoms with Crippen molar-refractivity contribution in [1.29, 1.82) is 0 Å². The molecule has 24 heavy (non-hydrogen) atoms. The third-order valence-electron chi connectivity index (χ3n) is 4.72. The van der Waals surface area contributed by atoms with Gasteiger partial charge in [-0.25, -0.2) is 13.1 Å². The number of hydrogen-bond acceptors (Lipinski definition) is 2. The number of aromatic nitrogens is 1. The lowest BCUT2D eigenvalue weighted by atomic mass is 9.96. The molecule has 1 heterocycles. The van der Waals surface area contributed by atoms with E-state index in [0.717, 1.165) is 23.7 Å². The number of benzene rings is 2. The summed E-state index contributed by atoms with van der Waals surface area (Å²) in [5, 5.41) is 1.58. The molecule has 2 aromatic carbocycles. The standard InChI is InChI=1S/C18H17ClN2O2S/c19-13-4-3-5-14(10-13)24(22,23)21-12-18(8-9-18)16-11-20-17-7-2-1-6-15(16)17/h1-7,10-11,20-21H,8-9,12H2. The van der Waals surface area contributed by atoms with E-state index in [1.807, 2.05) is 24.4 Å². The van der Waals surface area contributed by atoms with Gasteiger partial charge in [0.15, 0.2) is 0 Å². The molecule has 1 aromatic heterocycles. The molecule has 4 rings (SSSR count). The zero-order valence-corrected chi connectivity index (χ0v) is 14.5.